The van der Waals surface area contributed by atoms with Gasteiger partial charge in [-0.05, 0) is 41.9 Å². The predicted molar refractivity (Wildman–Crippen MR) is 59.3 cm³/mol. The monoisotopic (exact) mass is 210 g/mol. The summed E-state index contributed by atoms with van der Waals surface area (Å²) >= 11 is 0. The molecule has 0 N–H and O–H groups in total. The summed E-state index contributed by atoms with van der Waals surface area (Å²) < 4.78 is 5.15. The number of hydrogen-bond donors (Lipinski definition) is 0. The largest absolute Gasteiger partial charge is 0.466 e. The third kappa shape index (κ3) is 1.68. The molecule has 0 aromatic carbocycles. The van der Waals surface area contributed by atoms with Crippen LogP contribution in [0.3, 0.4) is 0 Å². The summed E-state index contributed by atoms with van der Waals surface area (Å²) in [6, 6.07) is 0. The van der Waals surface area contributed by atoms with E-state index in [1.165, 1.54) is 19.8 Å². The molecule has 2 heteroatoms. The molecular formula is C13H22O2. The van der Waals surface area contributed by atoms with Gasteiger partial charge in [0, 0.05) is 6.92 Å². The maximum atomic E-state index is 10.8. The lowest BCUT2D eigenvalue weighted by Gasteiger charge is -2.62. The van der Waals surface area contributed by atoms with Crippen LogP contribution in [0.25, 0.3) is 0 Å². The van der Waals surface area contributed by atoms with Crippen LogP contribution in [0.4, 0.5) is 0 Å². The summed E-state index contributed by atoms with van der Waals surface area (Å²) in [4.78, 5) is 10.8. The van der Waals surface area contributed by atoms with E-state index in [2.05, 4.69) is 20.8 Å². The first-order valence-electron chi connectivity index (χ1n) is 6.06. The second-order valence-electron chi connectivity index (χ2n) is 6.02. The van der Waals surface area contributed by atoms with Crippen LogP contribution in [-0.2, 0) is 9.53 Å². The van der Waals surface area contributed by atoms with E-state index in [1.54, 1.807) is 0 Å². The lowest BCUT2D eigenvalue weighted by atomic mass is 9.43. The molecule has 3 saturated carbocycles. The number of ether oxygens (including phenoxy) is 1. The first-order valence-corrected chi connectivity index (χ1v) is 6.06. The van der Waals surface area contributed by atoms with Crippen molar-refractivity contribution in [2.75, 3.05) is 6.61 Å². The summed E-state index contributed by atoms with van der Waals surface area (Å²) in [6.07, 6.45) is 2.64. The third-order valence-corrected chi connectivity index (χ3v) is 5.01. The second-order valence-corrected chi connectivity index (χ2v) is 6.02. The van der Waals surface area contributed by atoms with Crippen molar-refractivity contribution in [2.24, 2.45) is 29.1 Å². The molecule has 3 fully saturated rings. The summed E-state index contributed by atoms with van der Waals surface area (Å²) in [5.41, 5.74) is 0.534. The SMILES string of the molecule is CC(=O)OC[C@H]1C[C@H]2C[C@@H]([C@@H]1C)C2(C)C. The molecule has 0 aromatic heterocycles. The number of hydrogen-bond acceptors (Lipinski definition) is 2. The summed E-state index contributed by atoms with van der Waals surface area (Å²) in [7, 11) is 0. The van der Waals surface area contributed by atoms with Gasteiger partial charge in [0.1, 0.15) is 0 Å². The van der Waals surface area contributed by atoms with E-state index in [4.69, 9.17) is 4.74 Å². The van der Waals surface area contributed by atoms with E-state index >= 15 is 0 Å². The van der Waals surface area contributed by atoms with Gasteiger partial charge in [0.15, 0.2) is 0 Å². The topological polar surface area (TPSA) is 26.3 Å². The third-order valence-electron chi connectivity index (χ3n) is 5.01. The van der Waals surface area contributed by atoms with Crippen LogP contribution in [0.5, 0.6) is 0 Å². The highest BCUT2D eigenvalue weighted by molar-refractivity contribution is 5.65. The van der Waals surface area contributed by atoms with Gasteiger partial charge in [0.05, 0.1) is 6.61 Å². The Kier molecular flexibility index (Phi) is 2.56. The first-order chi connectivity index (χ1) is 6.93. The Morgan fingerprint density at radius 2 is 2.07 bits per heavy atom. The minimum absolute atomic E-state index is 0.138. The smallest absolute Gasteiger partial charge is 0.302 e. The van der Waals surface area contributed by atoms with Gasteiger partial charge < -0.3 is 4.74 Å². The molecule has 4 atom stereocenters. The van der Waals surface area contributed by atoms with Crippen LogP contribution >= 0.6 is 0 Å². The van der Waals surface area contributed by atoms with Crippen molar-refractivity contribution in [1.29, 1.82) is 0 Å². The van der Waals surface area contributed by atoms with Crippen LogP contribution in [0.1, 0.15) is 40.5 Å². The van der Waals surface area contributed by atoms with Crippen LogP contribution in [0.2, 0.25) is 0 Å². The molecule has 0 amide bonds. The van der Waals surface area contributed by atoms with Gasteiger partial charge in [-0.3, -0.25) is 4.79 Å². The zero-order valence-corrected chi connectivity index (χ0v) is 10.2. The second kappa shape index (κ2) is 3.50. The molecule has 0 radical (unpaired) electrons. The Balaban J connectivity index is 1.93. The minimum Gasteiger partial charge on any atom is -0.466 e. The fourth-order valence-corrected chi connectivity index (χ4v) is 3.70. The summed E-state index contributed by atoms with van der Waals surface area (Å²) in [5.74, 6) is 2.88. The Labute approximate surface area is 92.4 Å². The summed E-state index contributed by atoms with van der Waals surface area (Å²) in [5, 5.41) is 0. The average molecular weight is 210 g/mol. The molecule has 3 rings (SSSR count). The van der Waals surface area contributed by atoms with Gasteiger partial charge in [-0.2, -0.15) is 0 Å². The molecule has 0 spiro atoms. The number of esters is 1. The fraction of sp³-hybridized carbons (Fsp3) is 0.923. The molecule has 2 nitrogen and oxygen atoms in total. The molecule has 0 unspecified atom stereocenters. The van der Waals surface area contributed by atoms with E-state index in [-0.39, 0.29) is 5.97 Å². The van der Waals surface area contributed by atoms with Crippen molar-refractivity contribution >= 4 is 5.97 Å². The normalized spacial score (nSPS) is 41.9. The van der Waals surface area contributed by atoms with Crippen LogP contribution in [0.15, 0.2) is 0 Å². The highest BCUT2D eigenvalue weighted by Crippen LogP contribution is 2.62. The van der Waals surface area contributed by atoms with Gasteiger partial charge in [-0.1, -0.05) is 20.8 Å². The van der Waals surface area contributed by atoms with E-state index < -0.39 is 0 Å². The van der Waals surface area contributed by atoms with Crippen molar-refractivity contribution in [1.82, 2.24) is 0 Å². The molecule has 2 bridgehead atoms. The zero-order valence-electron chi connectivity index (χ0n) is 10.2. The van der Waals surface area contributed by atoms with Crippen LogP contribution in [0, 0.1) is 29.1 Å². The Bertz CT molecular complexity index is 270. The lowest BCUT2D eigenvalue weighted by Crippen LogP contribution is -2.55. The van der Waals surface area contributed by atoms with Crippen molar-refractivity contribution in [2.45, 2.75) is 40.5 Å². The highest BCUT2D eigenvalue weighted by atomic mass is 16.5. The van der Waals surface area contributed by atoms with Gasteiger partial charge >= 0.3 is 5.97 Å². The molecule has 0 saturated heterocycles. The van der Waals surface area contributed by atoms with Crippen LogP contribution < -0.4 is 0 Å². The number of carbonyl (C=O) groups excluding carboxylic acids is 1. The van der Waals surface area contributed by atoms with Crippen molar-refractivity contribution in [3.05, 3.63) is 0 Å². The van der Waals surface area contributed by atoms with Crippen molar-refractivity contribution in [3.8, 4) is 0 Å². The highest BCUT2D eigenvalue weighted by Gasteiger charge is 2.56. The van der Waals surface area contributed by atoms with E-state index in [0.29, 0.717) is 23.9 Å². The Hall–Kier alpha value is -0.530. The van der Waals surface area contributed by atoms with E-state index in [0.717, 1.165) is 11.8 Å². The maximum absolute atomic E-state index is 10.8. The molecule has 86 valence electrons. The number of carbonyl (C=O) groups is 1. The Morgan fingerprint density at radius 1 is 1.40 bits per heavy atom. The van der Waals surface area contributed by atoms with Crippen molar-refractivity contribution in [3.63, 3.8) is 0 Å². The number of rotatable bonds is 2. The van der Waals surface area contributed by atoms with Crippen molar-refractivity contribution < 1.29 is 9.53 Å². The van der Waals surface area contributed by atoms with Gasteiger partial charge in [-0.15, -0.1) is 0 Å². The molecule has 0 heterocycles. The predicted octanol–water partition coefficient (Wildman–Crippen LogP) is 2.87. The van der Waals surface area contributed by atoms with Gasteiger partial charge in [0.25, 0.3) is 0 Å². The van der Waals surface area contributed by atoms with E-state index in [9.17, 15) is 4.79 Å². The standard InChI is InChI=1S/C13H22O2/c1-8-10(7-15-9(2)14)5-11-6-12(8)13(11,3)4/h8,10-12H,5-7H2,1-4H3/t8-,10-,11+,12+/m1/s1. The Morgan fingerprint density at radius 3 is 2.53 bits per heavy atom. The first kappa shape index (κ1) is 11.0. The maximum Gasteiger partial charge on any atom is 0.302 e. The molecule has 3 aliphatic carbocycles. The zero-order chi connectivity index (χ0) is 11.2. The van der Waals surface area contributed by atoms with E-state index in [1.807, 2.05) is 0 Å². The van der Waals surface area contributed by atoms with Gasteiger partial charge in [0.2, 0.25) is 0 Å². The fourth-order valence-electron chi connectivity index (χ4n) is 3.70. The average Bonchev–Trinajstić information content (AvgIpc) is 2.15. The van der Waals surface area contributed by atoms with Gasteiger partial charge in [-0.25, -0.2) is 0 Å². The molecule has 0 aliphatic heterocycles. The quantitative estimate of drug-likeness (QED) is 0.655. The molecule has 3 aliphatic rings. The minimum atomic E-state index is -0.138. The molecule has 15 heavy (non-hydrogen) atoms. The van der Waals surface area contributed by atoms with Crippen LogP contribution in [-0.4, -0.2) is 12.6 Å². The lowest BCUT2D eigenvalue weighted by molar-refractivity contribution is -0.157. The molecule has 0 aromatic rings. The summed E-state index contributed by atoms with van der Waals surface area (Å²) in [6.45, 7) is 9.25. The molecular weight excluding hydrogens is 188 g/mol. The number of fused-ring (bicyclic) bond motifs is 2.